The van der Waals surface area contributed by atoms with Gasteiger partial charge in [-0.15, -0.1) is 0 Å². The smallest absolute Gasteiger partial charge is 0.419 e. The standard InChI is InChI=1S/C14H10BrF3O/c15-9-10-4-3-5-11(8-10)19-13-7-2-1-6-12(13)14(16,17)18/h1-8H,9H2. The zero-order chi connectivity index (χ0) is 13.9. The second-order valence-corrected chi connectivity index (χ2v) is 4.44. The molecule has 0 amide bonds. The Morgan fingerprint density at radius 3 is 2.42 bits per heavy atom. The van der Waals surface area contributed by atoms with Gasteiger partial charge in [-0.3, -0.25) is 0 Å². The van der Waals surface area contributed by atoms with Gasteiger partial charge in [0.15, 0.2) is 0 Å². The first-order chi connectivity index (χ1) is 9.00. The van der Waals surface area contributed by atoms with Crippen molar-refractivity contribution in [2.75, 3.05) is 0 Å². The molecule has 0 aliphatic carbocycles. The van der Waals surface area contributed by atoms with Crippen LogP contribution in [0.1, 0.15) is 11.1 Å². The molecule has 0 saturated carbocycles. The third-order valence-electron chi connectivity index (χ3n) is 2.47. The number of hydrogen-bond acceptors (Lipinski definition) is 1. The van der Waals surface area contributed by atoms with Crippen LogP contribution in [0.25, 0.3) is 0 Å². The zero-order valence-corrected chi connectivity index (χ0v) is 11.3. The predicted molar refractivity (Wildman–Crippen MR) is 70.6 cm³/mol. The Morgan fingerprint density at radius 2 is 1.74 bits per heavy atom. The summed E-state index contributed by atoms with van der Waals surface area (Å²) in [7, 11) is 0. The van der Waals surface area contributed by atoms with E-state index in [-0.39, 0.29) is 5.75 Å². The summed E-state index contributed by atoms with van der Waals surface area (Å²) in [6.45, 7) is 0. The molecule has 0 bridgehead atoms. The Kier molecular flexibility index (Phi) is 4.14. The van der Waals surface area contributed by atoms with Gasteiger partial charge in [0.05, 0.1) is 5.56 Å². The van der Waals surface area contributed by atoms with Gasteiger partial charge in [0.25, 0.3) is 0 Å². The summed E-state index contributed by atoms with van der Waals surface area (Å²) < 4.78 is 43.8. The molecule has 2 aromatic carbocycles. The first-order valence-electron chi connectivity index (χ1n) is 5.49. The van der Waals surface area contributed by atoms with Crippen LogP contribution >= 0.6 is 15.9 Å². The van der Waals surface area contributed by atoms with E-state index in [1.165, 1.54) is 18.2 Å². The first kappa shape index (κ1) is 13.9. The van der Waals surface area contributed by atoms with Gasteiger partial charge in [-0.05, 0) is 29.8 Å². The fraction of sp³-hybridized carbons (Fsp3) is 0.143. The van der Waals surface area contributed by atoms with Crippen LogP contribution in [0.15, 0.2) is 48.5 Å². The Labute approximate surface area is 117 Å². The molecule has 2 rings (SSSR count). The fourth-order valence-electron chi connectivity index (χ4n) is 1.61. The van der Waals surface area contributed by atoms with Gasteiger partial charge < -0.3 is 4.74 Å². The van der Waals surface area contributed by atoms with Crippen LogP contribution in [0.4, 0.5) is 13.2 Å². The lowest BCUT2D eigenvalue weighted by Gasteiger charge is -2.13. The van der Waals surface area contributed by atoms with Crippen molar-refractivity contribution in [1.82, 2.24) is 0 Å². The van der Waals surface area contributed by atoms with Crippen molar-refractivity contribution >= 4 is 15.9 Å². The lowest BCUT2D eigenvalue weighted by atomic mass is 10.2. The van der Waals surface area contributed by atoms with Crippen molar-refractivity contribution in [3.63, 3.8) is 0 Å². The molecule has 0 unspecified atom stereocenters. The SMILES string of the molecule is FC(F)(F)c1ccccc1Oc1cccc(CBr)c1. The summed E-state index contributed by atoms with van der Waals surface area (Å²) in [4.78, 5) is 0. The Hall–Kier alpha value is -1.49. The average molecular weight is 331 g/mol. The third-order valence-corrected chi connectivity index (χ3v) is 3.12. The number of ether oxygens (including phenoxy) is 1. The monoisotopic (exact) mass is 330 g/mol. The molecule has 100 valence electrons. The highest BCUT2D eigenvalue weighted by Gasteiger charge is 2.34. The minimum absolute atomic E-state index is 0.193. The van der Waals surface area contributed by atoms with E-state index >= 15 is 0 Å². The van der Waals surface area contributed by atoms with E-state index in [2.05, 4.69) is 15.9 Å². The zero-order valence-electron chi connectivity index (χ0n) is 9.75. The normalized spacial score (nSPS) is 11.4. The molecular weight excluding hydrogens is 321 g/mol. The van der Waals surface area contributed by atoms with E-state index in [0.29, 0.717) is 11.1 Å². The van der Waals surface area contributed by atoms with Crippen molar-refractivity contribution in [2.45, 2.75) is 11.5 Å². The number of para-hydroxylation sites is 1. The van der Waals surface area contributed by atoms with Gasteiger partial charge >= 0.3 is 6.18 Å². The molecule has 0 aromatic heterocycles. The van der Waals surface area contributed by atoms with E-state index in [1.54, 1.807) is 18.2 Å². The summed E-state index contributed by atoms with van der Waals surface area (Å²) in [5.41, 5.74) is 0.154. The van der Waals surface area contributed by atoms with Gasteiger partial charge in [0.2, 0.25) is 0 Å². The summed E-state index contributed by atoms with van der Waals surface area (Å²) in [6.07, 6.45) is -4.43. The molecule has 0 heterocycles. The van der Waals surface area contributed by atoms with Crippen molar-refractivity contribution in [2.24, 2.45) is 0 Å². The molecule has 2 aromatic rings. The first-order valence-corrected chi connectivity index (χ1v) is 6.62. The maximum Gasteiger partial charge on any atom is 0.419 e. The van der Waals surface area contributed by atoms with Gasteiger partial charge in [0.1, 0.15) is 11.5 Å². The van der Waals surface area contributed by atoms with E-state index < -0.39 is 11.7 Å². The van der Waals surface area contributed by atoms with Crippen molar-refractivity contribution in [3.05, 3.63) is 59.7 Å². The predicted octanol–water partition coefficient (Wildman–Crippen LogP) is 5.39. The molecular formula is C14H10BrF3O. The van der Waals surface area contributed by atoms with E-state index in [4.69, 9.17) is 4.74 Å². The molecule has 0 radical (unpaired) electrons. The Morgan fingerprint density at radius 1 is 1.00 bits per heavy atom. The lowest BCUT2D eigenvalue weighted by molar-refractivity contribution is -0.138. The largest absolute Gasteiger partial charge is 0.457 e. The summed E-state index contributed by atoms with van der Waals surface area (Å²) in [5.74, 6) is 0.190. The quantitative estimate of drug-likeness (QED) is 0.685. The number of rotatable bonds is 3. The summed E-state index contributed by atoms with van der Waals surface area (Å²) >= 11 is 3.29. The van der Waals surface area contributed by atoms with Crippen LogP contribution in [0.3, 0.4) is 0 Å². The summed E-state index contributed by atoms with van der Waals surface area (Å²) in [5, 5.41) is 0.616. The van der Waals surface area contributed by atoms with Crippen molar-refractivity contribution in [3.8, 4) is 11.5 Å². The van der Waals surface area contributed by atoms with Gasteiger partial charge in [0, 0.05) is 5.33 Å². The van der Waals surface area contributed by atoms with Gasteiger partial charge in [-0.2, -0.15) is 13.2 Å². The number of halogens is 4. The van der Waals surface area contributed by atoms with Crippen LogP contribution in [-0.4, -0.2) is 0 Å². The molecule has 0 atom stereocenters. The third kappa shape index (κ3) is 3.50. The maximum absolute atomic E-state index is 12.8. The highest BCUT2D eigenvalue weighted by Crippen LogP contribution is 2.37. The van der Waals surface area contributed by atoms with Crippen LogP contribution < -0.4 is 4.74 Å². The lowest BCUT2D eigenvalue weighted by Crippen LogP contribution is -2.06. The Balaban J connectivity index is 2.33. The number of hydrogen-bond donors (Lipinski definition) is 0. The number of alkyl halides is 4. The fourth-order valence-corrected chi connectivity index (χ4v) is 1.96. The molecule has 0 aliphatic rings. The summed E-state index contributed by atoms with van der Waals surface area (Å²) in [6, 6.07) is 12.1. The maximum atomic E-state index is 12.8. The molecule has 5 heteroatoms. The molecule has 19 heavy (non-hydrogen) atoms. The second kappa shape index (κ2) is 5.65. The number of benzene rings is 2. The van der Waals surface area contributed by atoms with Crippen molar-refractivity contribution in [1.29, 1.82) is 0 Å². The molecule has 0 N–H and O–H groups in total. The van der Waals surface area contributed by atoms with Crippen LogP contribution in [0.2, 0.25) is 0 Å². The van der Waals surface area contributed by atoms with Crippen LogP contribution in [0, 0.1) is 0 Å². The van der Waals surface area contributed by atoms with Crippen LogP contribution in [0.5, 0.6) is 11.5 Å². The van der Waals surface area contributed by atoms with Crippen molar-refractivity contribution < 1.29 is 17.9 Å². The molecule has 0 spiro atoms. The van der Waals surface area contributed by atoms with E-state index in [9.17, 15) is 13.2 Å². The molecule has 0 saturated heterocycles. The minimum Gasteiger partial charge on any atom is -0.457 e. The topological polar surface area (TPSA) is 9.23 Å². The highest BCUT2D eigenvalue weighted by molar-refractivity contribution is 9.08. The van der Waals surface area contributed by atoms with E-state index in [1.807, 2.05) is 6.07 Å². The highest BCUT2D eigenvalue weighted by atomic mass is 79.9. The molecule has 0 aliphatic heterocycles. The van der Waals surface area contributed by atoms with E-state index in [0.717, 1.165) is 11.6 Å². The second-order valence-electron chi connectivity index (χ2n) is 3.88. The molecule has 1 nitrogen and oxygen atoms in total. The Bertz CT molecular complexity index is 567. The average Bonchev–Trinajstić information content (AvgIpc) is 2.38. The van der Waals surface area contributed by atoms with Gasteiger partial charge in [-0.25, -0.2) is 0 Å². The van der Waals surface area contributed by atoms with Crippen LogP contribution in [-0.2, 0) is 11.5 Å². The van der Waals surface area contributed by atoms with Gasteiger partial charge in [-0.1, -0.05) is 40.2 Å². The molecule has 0 fully saturated rings. The minimum atomic E-state index is -4.43.